The Morgan fingerprint density at radius 1 is 1.54 bits per heavy atom. The lowest BCUT2D eigenvalue weighted by molar-refractivity contribution is 0.100. The fourth-order valence-electron chi connectivity index (χ4n) is 1.06. The molecule has 1 aromatic rings. The molecule has 0 aliphatic carbocycles. The maximum absolute atomic E-state index is 13.1. The van der Waals surface area contributed by atoms with E-state index < -0.39 is 11.6 Å². The van der Waals surface area contributed by atoms with Crippen LogP contribution in [0.3, 0.4) is 0 Å². The number of benzene rings is 1. The van der Waals surface area contributed by atoms with Gasteiger partial charge < -0.3 is 0 Å². The summed E-state index contributed by atoms with van der Waals surface area (Å²) >= 11 is 3.03. The Hall–Kier alpha value is -1.03. The predicted molar refractivity (Wildman–Crippen MR) is 49.5 cm³/mol. The molecule has 1 aromatic carbocycles. The molecule has 0 saturated carbocycles. The highest BCUT2D eigenvalue weighted by Crippen LogP contribution is 2.19. The lowest BCUT2D eigenvalue weighted by Gasteiger charge is -2.02. The third-order valence-corrected chi connectivity index (χ3v) is 2.02. The molecule has 0 fully saturated rings. The second-order valence-electron chi connectivity index (χ2n) is 2.53. The van der Waals surface area contributed by atoms with Crippen LogP contribution in [0.5, 0.6) is 0 Å². The van der Waals surface area contributed by atoms with Gasteiger partial charge in [-0.2, -0.15) is 0 Å². The molecule has 0 aliphatic heterocycles. The third-order valence-electron chi connectivity index (χ3n) is 1.56. The van der Waals surface area contributed by atoms with Crippen LogP contribution in [0.25, 0.3) is 0 Å². The van der Waals surface area contributed by atoms with Gasteiger partial charge in [-0.1, -0.05) is 15.9 Å². The van der Waals surface area contributed by atoms with E-state index in [2.05, 4.69) is 15.9 Å². The number of hydrogen-bond acceptors (Lipinski definition) is 2. The number of aldehydes is 1. The quantitative estimate of drug-likeness (QED) is 0.592. The number of rotatable bonds is 2. The summed E-state index contributed by atoms with van der Waals surface area (Å²) in [5.41, 5.74) is -0.0856. The van der Waals surface area contributed by atoms with Crippen molar-refractivity contribution in [2.45, 2.75) is 6.92 Å². The van der Waals surface area contributed by atoms with Crippen LogP contribution < -0.4 is 0 Å². The number of halogens is 2. The van der Waals surface area contributed by atoms with E-state index in [1.165, 1.54) is 13.0 Å². The van der Waals surface area contributed by atoms with Crippen molar-refractivity contribution in [3.8, 4) is 0 Å². The maximum atomic E-state index is 13.1. The Kier molecular flexibility index (Phi) is 2.93. The largest absolute Gasteiger partial charge is 0.298 e. The number of hydrogen-bond donors (Lipinski definition) is 0. The topological polar surface area (TPSA) is 34.1 Å². The van der Waals surface area contributed by atoms with Gasteiger partial charge in [0.15, 0.2) is 12.1 Å². The molecule has 0 spiro atoms. The lowest BCUT2D eigenvalue weighted by atomic mass is 10.1. The molecule has 1 rings (SSSR count). The average Bonchev–Trinajstić information content (AvgIpc) is 2.01. The van der Waals surface area contributed by atoms with E-state index >= 15 is 0 Å². The fraction of sp³-hybridized carbons (Fsp3) is 0.111. The Bertz CT molecular complexity index is 374. The standard InChI is InChI=1S/C9H6BrFO2/c1-5(13)9-6(4-12)2-7(10)3-8(9)11/h2-4H,1H3. The molecule has 0 atom stereocenters. The summed E-state index contributed by atoms with van der Waals surface area (Å²) in [4.78, 5) is 21.4. The molecule has 0 heterocycles. The summed E-state index contributed by atoms with van der Waals surface area (Å²) in [6.07, 6.45) is 0.463. The highest BCUT2D eigenvalue weighted by atomic mass is 79.9. The normalized spacial score (nSPS) is 9.77. The highest BCUT2D eigenvalue weighted by molar-refractivity contribution is 9.10. The fourth-order valence-corrected chi connectivity index (χ4v) is 1.51. The molecular weight excluding hydrogens is 239 g/mol. The molecule has 0 amide bonds. The Labute approximate surface area is 82.9 Å². The number of ketones is 1. The Balaban J connectivity index is 3.47. The van der Waals surface area contributed by atoms with Crippen molar-refractivity contribution < 1.29 is 14.0 Å². The summed E-state index contributed by atoms with van der Waals surface area (Å²) < 4.78 is 13.6. The van der Waals surface area contributed by atoms with E-state index in [-0.39, 0.29) is 11.1 Å². The van der Waals surface area contributed by atoms with Crippen LogP contribution in [-0.2, 0) is 0 Å². The van der Waals surface area contributed by atoms with Gasteiger partial charge >= 0.3 is 0 Å². The SMILES string of the molecule is CC(=O)c1c(F)cc(Br)cc1C=O. The van der Waals surface area contributed by atoms with Crippen LogP contribution in [0, 0.1) is 5.82 Å². The van der Waals surface area contributed by atoms with E-state index in [9.17, 15) is 14.0 Å². The van der Waals surface area contributed by atoms with Gasteiger partial charge in [0.25, 0.3) is 0 Å². The molecule has 0 N–H and O–H groups in total. The zero-order valence-electron chi connectivity index (χ0n) is 6.80. The number of carbonyl (C=O) groups excluding carboxylic acids is 2. The summed E-state index contributed by atoms with van der Waals surface area (Å²) in [5.74, 6) is -1.13. The van der Waals surface area contributed by atoms with Crippen molar-refractivity contribution in [3.63, 3.8) is 0 Å². The molecule has 68 valence electrons. The second kappa shape index (κ2) is 3.79. The zero-order valence-corrected chi connectivity index (χ0v) is 8.39. The predicted octanol–water partition coefficient (Wildman–Crippen LogP) is 2.60. The van der Waals surface area contributed by atoms with Crippen molar-refractivity contribution in [1.29, 1.82) is 0 Å². The maximum Gasteiger partial charge on any atom is 0.163 e. The van der Waals surface area contributed by atoms with E-state index in [1.807, 2.05) is 0 Å². The third kappa shape index (κ3) is 2.01. The number of carbonyl (C=O) groups is 2. The first-order valence-electron chi connectivity index (χ1n) is 3.51. The van der Waals surface area contributed by atoms with Crippen LogP contribution in [-0.4, -0.2) is 12.1 Å². The minimum absolute atomic E-state index is 0.0689. The molecular formula is C9H6BrFO2. The smallest absolute Gasteiger partial charge is 0.163 e. The van der Waals surface area contributed by atoms with Gasteiger partial charge in [0, 0.05) is 10.0 Å². The van der Waals surface area contributed by atoms with E-state index in [0.717, 1.165) is 6.07 Å². The first kappa shape index (κ1) is 10.1. The van der Waals surface area contributed by atoms with Crippen LogP contribution in [0.1, 0.15) is 27.6 Å². The minimum atomic E-state index is -0.677. The van der Waals surface area contributed by atoms with Gasteiger partial charge in [0.1, 0.15) is 5.82 Å². The van der Waals surface area contributed by atoms with Crippen molar-refractivity contribution in [3.05, 3.63) is 33.5 Å². The van der Waals surface area contributed by atoms with Gasteiger partial charge in [-0.25, -0.2) is 4.39 Å². The van der Waals surface area contributed by atoms with E-state index in [0.29, 0.717) is 10.8 Å². The van der Waals surface area contributed by atoms with Gasteiger partial charge in [0.05, 0.1) is 5.56 Å². The summed E-state index contributed by atoms with van der Waals surface area (Å²) in [7, 11) is 0. The first-order valence-corrected chi connectivity index (χ1v) is 4.30. The zero-order chi connectivity index (χ0) is 10.0. The minimum Gasteiger partial charge on any atom is -0.298 e. The van der Waals surface area contributed by atoms with Crippen molar-refractivity contribution in [2.75, 3.05) is 0 Å². The molecule has 0 bridgehead atoms. The van der Waals surface area contributed by atoms with Crippen LogP contribution >= 0.6 is 15.9 Å². The second-order valence-corrected chi connectivity index (χ2v) is 3.44. The molecule has 0 saturated heterocycles. The summed E-state index contributed by atoms with van der Waals surface area (Å²) in [5, 5.41) is 0. The first-order chi connectivity index (χ1) is 6.06. The average molecular weight is 245 g/mol. The molecule has 4 heteroatoms. The van der Waals surface area contributed by atoms with Crippen LogP contribution in [0.15, 0.2) is 16.6 Å². The molecule has 2 nitrogen and oxygen atoms in total. The summed E-state index contributed by atoms with van der Waals surface area (Å²) in [6.45, 7) is 1.22. The number of Topliss-reactive ketones (excluding diaryl/α,β-unsaturated/α-hetero) is 1. The summed E-state index contributed by atoms with van der Waals surface area (Å²) in [6, 6.07) is 2.57. The molecule has 0 unspecified atom stereocenters. The van der Waals surface area contributed by atoms with Gasteiger partial charge in [-0.3, -0.25) is 9.59 Å². The van der Waals surface area contributed by atoms with E-state index in [1.54, 1.807) is 0 Å². The van der Waals surface area contributed by atoms with Crippen LogP contribution in [0.2, 0.25) is 0 Å². The molecule has 0 radical (unpaired) electrons. The molecule has 13 heavy (non-hydrogen) atoms. The van der Waals surface area contributed by atoms with Gasteiger partial charge in [-0.15, -0.1) is 0 Å². The lowest BCUT2D eigenvalue weighted by Crippen LogP contribution is -2.02. The van der Waals surface area contributed by atoms with Crippen molar-refractivity contribution in [1.82, 2.24) is 0 Å². The van der Waals surface area contributed by atoms with Gasteiger partial charge in [-0.05, 0) is 19.1 Å². The monoisotopic (exact) mass is 244 g/mol. The molecule has 0 aliphatic rings. The van der Waals surface area contributed by atoms with Crippen molar-refractivity contribution in [2.24, 2.45) is 0 Å². The molecule has 0 aromatic heterocycles. The van der Waals surface area contributed by atoms with Crippen molar-refractivity contribution >= 4 is 28.0 Å². The van der Waals surface area contributed by atoms with E-state index in [4.69, 9.17) is 0 Å². The highest BCUT2D eigenvalue weighted by Gasteiger charge is 2.13. The van der Waals surface area contributed by atoms with Gasteiger partial charge in [0.2, 0.25) is 0 Å². The Morgan fingerprint density at radius 2 is 2.15 bits per heavy atom. The Morgan fingerprint density at radius 3 is 2.62 bits per heavy atom. The van der Waals surface area contributed by atoms with Crippen LogP contribution in [0.4, 0.5) is 4.39 Å².